The van der Waals surface area contributed by atoms with Crippen molar-refractivity contribution in [2.45, 2.75) is 25.1 Å². The summed E-state index contributed by atoms with van der Waals surface area (Å²) in [5.74, 6) is -0.484. The Morgan fingerprint density at radius 2 is 2.05 bits per heavy atom. The number of hydrogen-bond acceptors (Lipinski definition) is 3. The standard InChI is InChI=1S/C13H16ClF3N4O/c1-19-10(9(14)11(18-19)13(15,16)17)12(22)21-6-5-20-4-2-3-8(20)7-21/h8H,2-7H2,1H3. The number of halogens is 4. The molecule has 5 nitrogen and oxygen atoms in total. The molecule has 0 spiro atoms. The van der Waals surface area contributed by atoms with Gasteiger partial charge in [-0.3, -0.25) is 14.4 Å². The average molecular weight is 337 g/mol. The number of carbonyl (C=O) groups excluding carboxylic acids is 1. The third kappa shape index (κ3) is 2.58. The lowest BCUT2D eigenvalue weighted by molar-refractivity contribution is -0.141. The monoisotopic (exact) mass is 336 g/mol. The Bertz CT molecular complexity index is 601. The van der Waals surface area contributed by atoms with Gasteiger partial charge in [-0.05, 0) is 19.4 Å². The van der Waals surface area contributed by atoms with Crippen molar-refractivity contribution in [3.63, 3.8) is 0 Å². The second-order valence-corrected chi connectivity index (χ2v) is 6.09. The fourth-order valence-corrected chi connectivity index (χ4v) is 3.58. The maximum absolute atomic E-state index is 12.8. The highest BCUT2D eigenvalue weighted by Gasteiger charge is 2.41. The number of hydrogen-bond donors (Lipinski definition) is 0. The Hall–Kier alpha value is -1.28. The van der Waals surface area contributed by atoms with E-state index in [1.54, 1.807) is 4.90 Å². The smallest absolute Gasteiger partial charge is 0.334 e. The van der Waals surface area contributed by atoms with E-state index in [0.717, 1.165) is 30.6 Å². The van der Waals surface area contributed by atoms with E-state index in [9.17, 15) is 18.0 Å². The van der Waals surface area contributed by atoms with E-state index in [0.29, 0.717) is 19.1 Å². The van der Waals surface area contributed by atoms with Gasteiger partial charge in [-0.15, -0.1) is 0 Å². The van der Waals surface area contributed by atoms with E-state index in [1.807, 2.05) is 0 Å². The summed E-state index contributed by atoms with van der Waals surface area (Å²) in [5, 5.41) is 2.75. The zero-order valence-corrected chi connectivity index (χ0v) is 12.8. The highest BCUT2D eigenvalue weighted by Crippen LogP contribution is 2.36. The van der Waals surface area contributed by atoms with Gasteiger partial charge in [0.15, 0.2) is 5.69 Å². The molecule has 0 bridgehead atoms. The average Bonchev–Trinajstić information content (AvgIpc) is 3.01. The predicted octanol–water partition coefficient (Wildman–Crippen LogP) is 2.01. The molecular formula is C13H16ClF3N4O. The fraction of sp³-hybridized carbons (Fsp3) is 0.692. The van der Waals surface area contributed by atoms with Gasteiger partial charge in [-0.2, -0.15) is 18.3 Å². The van der Waals surface area contributed by atoms with Crippen molar-refractivity contribution in [2.75, 3.05) is 26.2 Å². The van der Waals surface area contributed by atoms with Gasteiger partial charge in [0.2, 0.25) is 0 Å². The van der Waals surface area contributed by atoms with Crippen molar-refractivity contribution in [1.29, 1.82) is 0 Å². The molecule has 3 heterocycles. The van der Waals surface area contributed by atoms with Gasteiger partial charge >= 0.3 is 6.18 Å². The van der Waals surface area contributed by atoms with E-state index in [4.69, 9.17) is 11.6 Å². The van der Waals surface area contributed by atoms with Gasteiger partial charge in [0.05, 0.1) is 0 Å². The summed E-state index contributed by atoms with van der Waals surface area (Å²) < 4.78 is 39.4. The van der Waals surface area contributed by atoms with Crippen molar-refractivity contribution >= 4 is 17.5 Å². The van der Waals surface area contributed by atoms with Crippen molar-refractivity contribution in [3.05, 3.63) is 16.4 Å². The van der Waals surface area contributed by atoms with Crippen LogP contribution >= 0.6 is 11.6 Å². The number of carbonyl (C=O) groups is 1. The molecule has 1 amide bonds. The maximum Gasteiger partial charge on any atom is 0.436 e. The topological polar surface area (TPSA) is 41.4 Å². The molecule has 2 aliphatic heterocycles. The molecule has 2 saturated heterocycles. The van der Waals surface area contributed by atoms with Crippen LogP contribution in [0.2, 0.25) is 5.02 Å². The summed E-state index contributed by atoms with van der Waals surface area (Å²) in [6.45, 7) is 2.80. The first-order valence-electron chi connectivity index (χ1n) is 7.12. The summed E-state index contributed by atoms with van der Waals surface area (Å²) in [4.78, 5) is 16.5. The first-order valence-corrected chi connectivity index (χ1v) is 7.50. The van der Waals surface area contributed by atoms with E-state index >= 15 is 0 Å². The van der Waals surface area contributed by atoms with Crippen LogP contribution < -0.4 is 0 Å². The molecule has 22 heavy (non-hydrogen) atoms. The summed E-state index contributed by atoms with van der Waals surface area (Å²) in [6.07, 6.45) is -2.56. The highest BCUT2D eigenvalue weighted by atomic mass is 35.5. The molecule has 122 valence electrons. The van der Waals surface area contributed by atoms with Gasteiger partial charge in [-0.25, -0.2) is 0 Å². The molecule has 0 radical (unpaired) electrons. The van der Waals surface area contributed by atoms with Crippen LogP contribution in [0, 0.1) is 0 Å². The van der Waals surface area contributed by atoms with E-state index in [2.05, 4.69) is 10.00 Å². The van der Waals surface area contributed by atoms with Gasteiger partial charge in [0.1, 0.15) is 10.7 Å². The van der Waals surface area contributed by atoms with Crippen LogP contribution in [0.15, 0.2) is 0 Å². The minimum Gasteiger partial charge on any atom is -0.334 e. The van der Waals surface area contributed by atoms with Crippen LogP contribution in [0.25, 0.3) is 0 Å². The Morgan fingerprint density at radius 1 is 1.32 bits per heavy atom. The van der Waals surface area contributed by atoms with Crippen LogP contribution in [-0.4, -0.2) is 57.7 Å². The predicted molar refractivity (Wildman–Crippen MR) is 73.7 cm³/mol. The van der Waals surface area contributed by atoms with Crippen molar-refractivity contribution < 1.29 is 18.0 Å². The number of amides is 1. The minimum atomic E-state index is -4.67. The largest absolute Gasteiger partial charge is 0.436 e. The quantitative estimate of drug-likeness (QED) is 0.788. The number of rotatable bonds is 1. The molecule has 1 aromatic rings. The number of fused-ring (bicyclic) bond motifs is 1. The normalized spacial score (nSPS) is 23.0. The van der Waals surface area contributed by atoms with Crippen molar-refractivity contribution in [3.8, 4) is 0 Å². The zero-order valence-electron chi connectivity index (χ0n) is 12.0. The number of aromatic nitrogens is 2. The molecule has 0 aliphatic carbocycles. The Kier molecular flexibility index (Phi) is 3.84. The lowest BCUT2D eigenvalue weighted by Crippen LogP contribution is -2.52. The van der Waals surface area contributed by atoms with Gasteiger partial charge < -0.3 is 4.90 Å². The maximum atomic E-state index is 12.8. The molecular weight excluding hydrogens is 321 g/mol. The Morgan fingerprint density at radius 3 is 2.68 bits per heavy atom. The summed E-state index contributed by atoms with van der Waals surface area (Å²) in [7, 11) is 1.31. The number of piperazine rings is 1. The molecule has 1 aromatic heterocycles. The lowest BCUT2D eigenvalue weighted by Gasteiger charge is -2.37. The molecule has 1 atom stereocenters. The van der Waals surface area contributed by atoms with E-state index in [-0.39, 0.29) is 5.69 Å². The van der Waals surface area contributed by atoms with Crippen molar-refractivity contribution in [2.24, 2.45) is 7.05 Å². The second-order valence-electron chi connectivity index (χ2n) is 5.72. The van der Waals surface area contributed by atoms with Crippen LogP contribution in [0.4, 0.5) is 13.2 Å². The van der Waals surface area contributed by atoms with Crippen molar-refractivity contribution in [1.82, 2.24) is 19.6 Å². The van der Waals surface area contributed by atoms with E-state index < -0.39 is 22.8 Å². The first kappa shape index (κ1) is 15.6. The van der Waals surface area contributed by atoms with Gasteiger partial charge in [-0.1, -0.05) is 11.6 Å². The molecule has 9 heteroatoms. The van der Waals surface area contributed by atoms with Gasteiger partial charge in [0, 0.05) is 32.7 Å². The van der Waals surface area contributed by atoms with Gasteiger partial charge in [0.25, 0.3) is 5.91 Å². The third-order valence-electron chi connectivity index (χ3n) is 4.34. The minimum absolute atomic E-state index is 0.194. The lowest BCUT2D eigenvalue weighted by atomic mass is 10.1. The molecule has 2 aliphatic rings. The first-order chi connectivity index (χ1) is 10.3. The SMILES string of the molecule is Cn1nc(C(F)(F)F)c(Cl)c1C(=O)N1CCN2CCCC2C1. The Labute approximate surface area is 130 Å². The van der Waals surface area contributed by atoms with Crippen LogP contribution in [-0.2, 0) is 13.2 Å². The summed E-state index contributed by atoms with van der Waals surface area (Å²) in [6, 6.07) is 0.298. The molecule has 3 rings (SSSR count). The summed E-state index contributed by atoms with van der Waals surface area (Å²) >= 11 is 5.78. The molecule has 1 unspecified atom stereocenters. The van der Waals surface area contributed by atoms with E-state index in [1.165, 1.54) is 7.05 Å². The number of alkyl halides is 3. The molecule has 2 fully saturated rings. The number of nitrogens with zero attached hydrogens (tertiary/aromatic N) is 4. The zero-order chi connectivity index (χ0) is 16.1. The second kappa shape index (κ2) is 5.42. The molecule has 0 aromatic carbocycles. The molecule has 0 N–H and O–H groups in total. The highest BCUT2D eigenvalue weighted by molar-refractivity contribution is 6.34. The molecule has 0 saturated carbocycles. The van der Waals surface area contributed by atoms with Crippen LogP contribution in [0.5, 0.6) is 0 Å². The summed E-state index contributed by atoms with van der Waals surface area (Å²) in [5.41, 5.74) is -1.40. The fourth-order valence-electron chi connectivity index (χ4n) is 3.24. The number of aryl methyl sites for hydroxylation is 1. The van der Waals surface area contributed by atoms with Crippen LogP contribution in [0.1, 0.15) is 29.0 Å². The third-order valence-corrected chi connectivity index (χ3v) is 4.69. The Balaban J connectivity index is 1.85. The van der Waals surface area contributed by atoms with Crippen LogP contribution in [0.3, 0.4) is 0 Å².